The van der Waals surface area contributed by atoms with Crippen LogP contribution in [0, 0.1) is 5.82 Å². The highest BCUT2D eigenvalue weighted by Gasteiger charge is 2.23. The van der Waals surface area contributed by atoms with E-state index in [0.717, 1.165) is 5.69 Å². The van der Waals surface area contributed by atoms with E-state index in [-0.39, 0.29) is 11.7 Å². The van der Waals surface area contributed by atoms with Gasteiger partial charge in [-0.05, 0) is 30.3 Å². The second-order valence-corrected chi connectivity index (χ2v) is 5.22. The Morgan fingerprint density at radius 1 is 1.09 bits per heavy atom. The lowest BCUT2D eigenvalue weighted by Gasteiger charge is -2.36. The van der Waals surface area contributed by atoms with Crippen LogP contribution in [0.5, 0.6) is 0 Å². The highest BCUT2D eigenvalue weighted by molar-refractivity contribution is 5.99. The van der Waals surface area contributed by atoms with Gasteiger partial charge in [-0.2, -0.15) is 0 Å². The highest BCUT2D eigenvalue weighted by Crippen LogP contribution is 2.19. The minimum absolute atomic E-state index is 0.0707. The van der Waals surface area contributed by atoms with Crippen molar-refractivity contribution < 1.29 is 9.18 Å². The summed E-state index contributed by atoms with van der Waals surface area (Å²) in [6.07, 6.45) is 3.06. The van der Waals surface area contributed by atoms with E-state index < -0.39 is 0 Å². The number of nitrogens with zero attached hydrogens (tertiary/aromatic N) is 3. The number of hydrogen-bond donors (Lipinski definition) is 1. The molecule has 0 atom stereocenters. The molecule has 3 rings (SSSR count). The molecule has 1 aromatic heterocycles. The van der Waals surface area contributed by atoms with Gasteiger partial charge in [0.15, 0.2) is 0 Å². The maximum Gasteiger partial charge on any atom is 0.256 e. The zero-order chi connectivity index (χ0) is 15.5. The molecular formula is C16H17FN4O. The van der Waals surface area contributed by atoms with Crippen molar-refractivity contribution in [3.8, 4) is 0 Å². The first-order chi connectivity index (χ1) is 10.6. The predicted octanol–water partition coefficient (Wildman–Crippen LogP) is 1.77. The van der Waals surface area contributed by atoms with E-state index in [2.05, 4.69) is 9.88 Å². The molecule has 22 heavy (non-hydrogen) atoms. The largest absolute Gasteiger partial charge is 0.397 e. The molecule has 0 saturated carbocycles. The van der Waals surface area contributed by atoms with Crippen molar-refractivity contribution in [1.82, 2.24) is 9.88 Å². The third-order valence-corrected chi connectivity index (χ3v) is 3.84. The molecule has 114 valence electrons. The number of pyridine rings is 1. The Hall–Kier alpha value is -2.63. The molecule has 5 nitrogen and oxygen atoms in total. The molecule has 0 aliphatic carbocycles. The van der Waals surface area contributed by atoms with Crippen molar-refractivity contribution in [3.05, 3.63) is 54.1 Å². The molecule has 1 aliphatic heterocycles. The van der Waals surface area contributed by atoms with Crippen LogP contribution in [0.15, 0.2) is 42.7 Å². The minimum atomic E-state index is -0.245. The molecule has 1 saturated heterocycles. The Balaban J connectivity index is 1.65. The predicted molar refractivity (Wildman–Crippen MR) is 83.2 cm³/mol. The summed E-state index contributed by atoms with van der Waals surface area (Å²) in [5.41, 5.74) is 7.66. The van der Waals surface area contributed by atoms with Gasteiger partial charge in [-0.3, -0.25) is 9.78 Å². The van der Waals surface area contributed by atoms with Crippen molar-refractivity contribution in [2.24, 2.45) is 0 Å². The summed E-state index contributed by atoms with van der Waals surface area (Å²) in [5, 5.41) is 0. The number of anilines is 2. The fourth-order valence-electron chi connectivity index (χ4n) is 2.59. The first-order valence-corrected chi connectivity index (χ1v) is 7.14. The molecule has 1 aliphatic rings. The lowest BCUT2D eigenvalue weighted by Crippen LogP contribution is -2.48. The second kappa shape index (κ2) is 6.01. The van der Waals surface area contributed by atoms with Gasteiger partial charge >= 0.3 is 0 Å². The van der Waals surface area contributed by atoms with Crippen LogP contribution in [0.2, 0.25) is 0 Å². The SMILES string of the molecule is Nc1cnccc1C(=O)N1CCN(c2ccc(F)cc2)CC1. The van der Waals surface area contributed by atoms with Gasteiger partial charge < -0.3 is 15.5 Å². The monoisotopic (exact) mass is 300 g/mol. The normalized spacial score (nSPS) is 15.0. The number of hydrogen-bond acceptors (Lipinski definition) is 4. The molecule has 1 amide bonds. The summed E-state index contributed by atoms with van der Waals surface area (Å²) in [6, 6.07) is 8.06. The van der Waals surface area contributed by atoms with Crippen LogP contribution in [0.3, 0.4) is 0 Å². The molecule has 6 heteroatoms. The number of nitrogens with two attached hydrogens (primary N) is 1. The number of carbonyl (C=O) groups excluding carboxylic acids is 1. The van der Waals surface area contributed by atoms with E-state index in [9.17, 15) is 9.18 Å². The second-order valence-electron chi connectivity index (χ2n) is 5.22. The van der Waals surface area contributed by atoms with Crippen LogP contribution >= 0.6 is 0 Å². The number of amides is 1. The standard InChI is InChI=1S/C16H17FN4O/c17-12-1-3-13(4-2-12)20-7-9-21(10-8-20)16(22)14-5-6-19-11-15(14)18/h1-6,11H,7-10,18H2. The highest BCUT2D eigenvalue weighted by atomic mass is 19.1. The van der Waals surface area contributed by atoms with Gasteiger partial charge in [0.25, 0.3) is 5.91 Å². The number of benzene rings is 1. The summed E-state index contributed by atoms with van der Waals surface area (Å²) >= 11 is 0. The van der Waals surface area contributed by atoms with Crippen LogP contribution in [0.25, 0.3) is 0 Å². The molecule has 0 spiro atoms. The number of aromatic nitrogens is 1. The first-order valence-electron chi connectivity index (χ1n) is 7.14. The summed E-state index contributed by atoms with van der Waals surface area (Å²) in [4.78, 5) is 20.3. The van der Waals surface area contributed by atoms with Gasteiger partial charge in [0.2, 0.25) is 0 Å². The van der Waals surface area contributed by atoms with E-state index in [0.29, 0.717) is 37.4 Å². The Morgan fingerprint density at radius 3 is 2.41 bits per heavy atom. The van der Waals surface area contributed by atoms with Crippen molar-refractivity contribution in [1.29, 1.82) is 0 Å². The molecule has 0 bridgehead atoms. The van der Waals surface area contributed by atoms with E-state index in [1.165, 1.54) is 18.3 Å². The molecule has 0 unspecified atom stereocenters. The van der Waals surface area contributed by atoms with E-state index in [4.69, 9.17) is 5.73 Å². The fraction of sp³-hybridized carbons (Fsp3) is 0.250. The van der Waals surface area contributed by atoms with Crippen molar-refractivity contribution in [2.45, 2.75) is 0 Å². The third kappa shape index (κ3) is 2.86. The van der Waals surface area contributed by atoms with E-state index >= 15 is 0 Å². The Labute approximate surface area is 128 Å². The van der Waals surface area contributed by atoms with Gasteiger partial charge in [-0.15, -0.1) is 0 Å². The minimum Gasteiger partial charge on any atom is -0.397 e. The summed E-state index contributed by atoms with van der Waals surface area (Å²) in [6.45, 7) is 2.64. The smallest absolute Gasteiger partial charge is 0.256 e. The fourth-order valence-corrected chi connectivity index (χ4v) is 2.59. The van der Waals surface area contributed by atoms with Crippen LogP contribution < -0.4 is 10.6 Å². The van der Waals surface area contributed by atoms with Crippen LogP contribution in [-0.4, -0.2) is 42.0 Å². The van der Waals surface area contributed by atoms with Gasteiger partial charge in [0.1, 0.15) is 5.82 Å². The zero-order valence-corrected chi connectivity index (χ0v) is 12.1. The van der Waals surface area contributed by atoms with E-state index in [1.807, 2.05) is 0 Å². The molecule has 0 radical (unpaired) electrons. The molecular weight excluding hydrogens is 283 g/mol. The maximum atomic E-state index is 13.0. The van der Waals surface area contributed by atoms with E-state index in [1.54, 1.807) is 29.3 Å². The quantitative estimate of drug-likeness (QED) is 0.918. The zero-order valence-electron chi connectivity index (χ0n) is 12.1. The first kappa shape index (κ1) is 14.3. The van der Waals surface area contributed by atoms with Gasteiger partial charge in [0, 0.05) is 38.1 Å². The number of rotatable bonds is 2. The Bertz CT molecular complexity index is 666. The summed E-state index contributed by atoms with van der Waals surface area (Å²) in [5.74, 6) is -0.315. The van der Waals surface area contributed by atoms with Gasteiger partial charge in [0.05, 0.1) is 17.4 Å². The number of nitrogen functional groups attached to an aromatic ring is 1. The van der Waals surface area contributed by atoms with Crippen molar-refractivity contribution >= 4 is 17.3 Å². The lowest BCUT2D eigenvalue weighted by atomic mass is 10.1. The van der Waals surface area contributed by atoms with Crippen LogP contribution in [0.1, 0.15) is 10.4 Å². The van der Waals surface area contributed by atoms with Crippen LogP contribution in [-0.2, 0) is 0 Å². The molecule has 1 aromatic carbocycles. The molecule has 2 N–H and O–H groups in total. The number of halogens is 1. The summed E-state index contributed by atoms with van der Waals surface area (Å²) < 4.78 is 13.0. The average molecular weight is 300 g/mol. The molecule has 2 heterocycles. The van der Waals surface area contributed by atoms with Gasteiger partial charge in [-0.1, -0.05) is 0 Å². The maximum absolute atomic E-state index is 13.0. The van der Waals surface area contributed by atoms with Crippen LogP contribution in [0.4, 0.5) is 15.8 Å². The summed E-state index contributed by atoms with van der Waals surface area (Å²) in [7, 11) is 0. The third-order valence-electron chi connectivity index (χ3n) is 3.84. The molecule has 2 aromatic rings. The topological polar surface area (TPSA) is 62.5 Å². The number of piperazine rings is 1. The number of carbonyl (C=O) groups is 1. The Morgan fingerprint density at radius 2 is 1.77 bits per heavy atom. The van der Waals surface area contributed by atoms with Crippen molar-refractivity contribution in [3.63, 3.8) is 0 Å². The van der Waals surface area contributed by atoms with Crippen molar-refractivity contribution in [2.75, 3.05) is 36.8 Å². The molecule has 1 fully saturated rings. The lowest BCUT2D eigenvalue weighted by molar-refractivity contribution is 0.0747. The average Bonchev–Trinajstić information content (AvgIpc) is 2.56. The van der Waals surface area contributed by atoms with Gasteiger partial charge in [-0.25, -0.2) is 4.39 Å². The Kier molecular flexibility index (Phi) is 3.91.